The number of hydrogen-bond donors (Lipinski definition) is 1. The lowest BCUT2D eigenvalue weighted by Gasteiger charge is -2.08. The molecule has 14 heavy (non-hydrogen) atoms. The summed E-state index contributed by atoms with van der Waals surface area (Å²) in [5.41, 5.74) is -0.0445. The molecule has 0 aromatic carbocycles. The maximum absolute atomic E-state index is 12.4. The molecule has 0 fully saturated rings. The largest absolute Gasteiger partial charge is 0.390 e. The van der Waals surface area contributed by atoms with Gasteiger partial charge in [-0.05, 0) is 6.07 Å². The second-order valence-corrected chi connectivity index (χ2v) is 3.20. The number of aliphatic hydroxyl groups excluding tert-OH is 1. The summed E-state index contributed by atoms with van der Waals surface area (Å²) >= 11 is 11.1. The first-order valence-electron chi connectivity index (χ1n) is 3.73. The lowest BCUT2D eigenvalue weighted by Crippen LogP contribution is -2.00. The Bertz CT molecular complexity index is 333. The molecule has 0 radical (unpaired) electrons. The second-order valence-electron chi connectivity index (χ2n) is 2.56. The zero-order valence-corrected chi connectivity index (χ0v) is 8.49. The van der Waals surface area contributed by atoms with E-state index in [-0.39, 0.29) is 27.9 Å². The fourth-order valence-electron chi connectivity index (χ4n) is 0.993. The average Bonchev–Trinajstić information content (AvgIpc) is 2.17. The molecule has 0 aliphatic rings. The van der Waals surface area contributed by atoms with E-state index in [1.165, 1.54) is 0 Å². The van der Waals surface area contributed by atoms with Gasteiger partial charge in [0.05, 0.1) is 28.9 Å². The molecule has 0 amide bonds. The molecular formula is C8H7Cl2F2NO. The second kappa shape index (κ2) is 4.87. The van der Waals surface area contributed by atoms with E-state index in [0.29, 0.717) is 0 Å². The Labute approximate surface area is 89.5 Å². The topological polar surface area (TPSA) is 33.1 Å². The first kappa shape index (κ1) is 11.6. The molecule has 0 saturated heterocycles. The van der Waals surface area contributed by atoms with Gasteiger partial charge >= 0.3 is 0 Å². The van der Waals surface area contributed by atoms with E-state index in [1.807, 2.05) is 0 Å². The van der Waals surface area contributed by atoms with Crippen LogP contribution in [-0.2, 0) is 12.5 Å². The van der Waals surface area contributed by atoms with Crippen molar-refractivity contribution in [3.05, 3.63) is 28.0 Å². The van der Waals surface area contributed by atoms with Crippen LogP contribution in [0.3, 0.4) is 0 Å². The minimum Gasteiger partial charge on any atom is -0.390 e. The third kappa shape index (κ3) is 2.32. The number of nitrogens with zero attached hydrogens (tertiary/aromatic N) is 1. The summed E-state index contributed by atoms with van der Waals surface area (Å²) in [5, 5.41) is 8.63. The molecule has 78 valence electrons. The molecule has 0 atom stereocenters. The first-order chi connectivity index (χ1) is 6.60. The molecular weight excluding hydrogens is 235 g/mol. The molecule has 0 bridgehead atoms. The fourth-order valence-corrected chi connectivity index (χ4v) is 1.50. The Morgan fingerprint density at radius 1 is 1.50 bits per heavy atom. The summed E-state index contributed by atoms with van der Waals surface area (Å²) in [6.07, 6.45) is -2.70. The first-order valence-corrected chi connectivity index (χ1v) is 4.64. The normalized spacial score (nSPS) is 11.0. The molecule has 0 saturated carbocycles. The van der Waals surface area contributed by atoms with Crippen molar-refractivity contribution in [1.82, 2.24) is 4.98 Å². The summed E-state index contributed by atoms with van der Waals surface area (Å²) < 4.78 is 24.8. The quantitative estimate of drug-likeness (QED) is 0.826. The molecule has 0 unspecified atom stereocenters. The van der Waals surface area contributed by atoms with Crippen molar-refractivity contribution in [2.75, 3.05) is 0 Å². The summed E-state index contributed by atoms with van der Waals surface area (Å²) in [7, 11) is 0. The van der Waals surface area contributed by atoms with E-state index in [1.54, 1.807) is 0 Å². The van der Waals surface area contributed by atoms with E-state index in [9.17, 15) is 8.78 Å². The molecule has 0 spiro atoms. The van der Waals surface area contributed by atoms with Crippen molar-refractivity contribution in [3.8, 4) is 0 Å². The van der Waals surface area contributed by atoms with E-state index >= 15 is 0 Å². The zero-order valence-electron chi connectivity index (χ0n) is 6.98. The molecule has 1 aromatic heterocycles. The highest BCUT2D eigenvalue weighted by atomic mass is 35.5. The van der Waals surface area contributed by atoms with Crippen LogP contribution in [0.25, 0.3) is 0 Å². The predicted octanol–water partition coefficient (Wildman–Crippen LogP) is 2.90. The van der Waals surface area contributed by atoms with E-state index < -0.39 is 13.0 Å². The van der Waals surface area contributed by atoms with Crippen LogP contribution in [0.5, 0.6) is 0 Å². The monoisotopic (exact) mass is 241 g/mol. The van der Waals surface area contributed by atoms with E-state index in [0.717, 1.165) is 6.07 Å². The minimum atomic E-state index is -2.70. The standard InChI is InChI=1S/C8H7Cl2F2NO/c9-2-6-7(10)5(8(11)12)1-4(3-14)13-6/h1,8,14H,2-3H2. The summed E-state index contributed by atoms with van der Waals surface area (Å²) in [5.74, 6) is -0.0631. The van der Waals surface area contributed by atoms with Crippen molar-refractivity contribution in [2.24, 2.45) is 0 Å². The van der Waals surface area contributed by atoms with Crippen LogP contribution in [0.2, 0.25) is 5.02 Å². The molecule has 6 heteroatoms. The highest BCUT2D eigenvalue weighted by Gasteiger charge is 2.17. The van der Waals surface area contributed by atoms with Gasteiger partial charge in [-0.2, -0.15) is 0 Å². The number of rotatable bonds is 3. The van der Waals surface area contributed by atoms with Crippen LogP contribution < -0.4 is 0 Å². The van der Waals surface area contributed by atoms with Crippen LogP contribution in [0.15, 0.2) is 6.07 Å². The van der Waals surface area contributed by atoms with Gasteiger partial charge < -0.3 is 5.11 Å². The fraction of sp³-hybridized carbons (Fsp3) is 0.375. The van der Waals surface area contributed by atoms with Gasteiger partial charge in [0.25, 0.3) is 6.43 Å². The number of aromatic nitrogens is 1. The summed E-state index contributed by atoms with van der Waals surface area (Å²) in [6.45, 7) is -0.416. The van der Waals surface area contributed by atoms with Gasteiger partial charge in [-0.3, -0.25) is 4.98 Å². The predicted molar refractivity (Wildman–Crippen MR) is 49.7 cm³/mol. The lowest BCUT2D eigenvalue weighted by molar-refractivity contribution is 0.151. The van der Waals surface area contributed by atoms with Crippen LogP contribution in [-0.4, -0.2) is 10.1 Å². The number of hydrogen-bond acceptors (Lipinski definition) is 2. The van der Waals surface area contributed by atoms with Gasteiger partial charge in [-0.1, -0.05) is 11.6 Å². The number of halogens is 4. The van der Waals surface area contributed by atoms with Crippen LogP contribution in [0, 0.1) is 0 Å². The van der Waals surface area contributed by atoms with Crippen molar-refractivity contribution >= 4 is 23.2 Å². The van der Waals surface area contributed by atoms with E-state index in [4.69, 9.17) is 28.3 Å². The van der Waals surface area contributed by atoms with Crippen molar-refractivity contribution in [3.63, 3.8) is 0 Å². The van der Waals surface area contributed by atoms with Crippen molar-refractivity contribution in [1.29, 1.82) is 0 Å². The maximum atomic E-state index is 12.4. The van der Waals surface area contributed by atoms with Gasteiger partial charge in [0.1, 0.15) is 0 Å². The Morgan fingerprint density at radius 2 is 2.14 bits per heavy atom. The molecule has 2 nitrogen and oxygen atoms in total. The van der Waals surface area contributed by atoms with Gasteiger partial charge in [0.15, 0.2) is 0 Å². The highest BCUT2D eigenvalue weighted by molar-refractivity contribution is 6.32. The van der Waals surface area contributed by atoms with Gasteiger partial charge in [-0.25, -0.2) is 8.78 Å². The van der Waals surface area contributed by atoms with Gasteiger partial charge in [-0.15, -0.1) is 11.6 Å². The van der Waals surface area contributed by atoms with Crippen molar-refractivity contribution < 1.29 is 13.9 Å². The third-order valence-electron chi connectivity index (χ3n) is 1.63. The Balaban J connectivity index is 3.27. The number of pyridine rings is 1. The third-order valence-corrected chi connectivity index (χ3v) is 2.32. The molecule has 0 aliphatic carbocycles. The van der Waals surface area contributed by atoms with Crippen LogP contribution >= 0.6 is 23.2 Å². The summed E-state index contributed by atoms with van der Waals surface area (Å²) in [4.78, 5) is 3.81. The Hall–Kier alpha value is -0.450. The van der Waals surface area contributed by atoms with Crippen LogP contribution in [0.1, 0.15) is 23.4 Å². The highest BCUT2D eigenvalue weighted by Crippen LogP contribution is 2.30. The van der Waals surface area contributed by atoms with E-state index in [2.05, 4.69) is 4.98 Å². The molecule has 1 aromatic rings. The molecule has 1 heterocycles. The SMILES string of the molecule is OCc1cc(C(F)F)c(Cl)c(CCl)n1. The molecule has 1 N–H and O–H groups in total. The zero-order chi connectivity index (χ0) is 10.7. The number of aliphatic hydroxyl groups is 1. The van der Waals surface area contributed by atoms with Gasteiger partial charge in [0, 0.05) is 5.56 Å². The Kier molecular flexibility index (Phi) is 4.04. The smallest absolute Gasteiger partial charge is 0.265 e. The van der Waals surface area contributed by atoms with Gasteiger partial charge in [0.2, 0.25) is 0 Å². The van der Waals surface area contributed by atoms with Crippen molar-refractivity contribution in [2.45, 2.75) is 18.9 Å². The number of alkyl halides is 3. The maximum Gasteiger partial charge on any atom is 0.265 e. The minimum absolute atomic E-state index is 0.0631. The van der Waals surface area contributed by atoms with Crippen LogP contribution in [0.4, 0.5) is 8.78 Å². The Morgan fingerprint density at radius 3 is 2.57 bits per heavy atom. The summed E-state index contributed by atoms with van der Waals surface area (Å²) in [6, 6.07) is 1.07. The molecule has 0 aliphatic heterocycles. The lowest BCUT2D eigenvalue weighted by atomic mass is 10.2. The molecule has 1 rings (SSSR count). The average molecular weight is 242 g/mol.